The van der Waals surface area contributed by atoms with Crippen LogP contribution in [0.1, 0.15) is 24.5 Å². The molecular formula is C19H23FN2O. The summed E-state index contributed by atoms with van der Waals surface area (Å²) in [6, 6.07) is 12.2. The summed E-state index contributed by atoms with van der Waals surface area (Å²) >= 11 is 0. The van der Waals surface area contributed by atoms with E-state index in [1.165, 1.54) is 12.1 Å². The Morgan fingerprint density at radius 3 is 2.65 bits per heavy atom. The zero-order valence-electron chi connectivity index (χ0n) is 13.6. The van der Waals surface area contributed by atoms with Gasteiger partial charge in [0.15, 0.2) is 0 Å². The first-order chi connectivity index (χ1) is 11.1. The predicted octanol–water partition coefficient (Wildman–Crippen LogP) is 4.02. The second-order valence-corrected chi connectivity index (χ2v) is 5.65. The maximum absolute atomic E-state index is 12.9. The molecule has 0 spiro atoms. The van der Waals surface area contributed by atoms with Gasteiger partial charge < -0.3 is 10.4 Å². The number of nitrogens with zero attached hydrogens (tertiary/aromatic N) is 1. The summed E-state index contributed by atoms with van der Waals surface area (Å²) in [5.41, 5.74) is 2.65. The molecule has 2 rings (SSSR count). The Labute approximate surface area is 136 Å². The molecule has 0 saturated carbocycles. The van der Waals surface area contributed by atoms with Crippen molar-refractivity contribution in [3.05, 3.63) is 59.4 Å². The Morgan fingerprint density at radius 1 is 1.22 bits per heavy atom. The maximum atomic E-state index is 12.9. The molecule has 0 aromatic heterocycles. The van der Waals surface area contributed by atoms with Crippen LogP contribution >= 0.6 is 0 Å². The second-order valence-electron chi connectivity index (χ2n) is 5.65. The van der Waals surface area contributed by atoms with E-state index in [-0.39, 0.29) is 11.6 Å². The van der Waals surface area contributed by atoms with Gasteiger partial charge in [0.1, 0.15) is 11.6 Å². The Morgan fingerprint density at radius 2 is 1.96 bits per heavy atom. The van der Waals surface area contributed by atoms with Crippen molar-refractivity contribution in [1.82, 2.24) is 5.32 Å². The number of benzene rings is 2. The fourth-order valence-corrected chi connectivity index (χ4v) is 2.31. The van der Waals surface area contributed by atoms with E-state index >= 15 is 0 Å². The van der Waals surface area contributed by atoms with Crippen molar-refractivity contribution in [2.45, 2.75) is 32.2 Å². The smallest absolute Gasteiger partial charge is 0.123 e. The normalized spacial score (nSPS) is 12.7. The third kappa shape index (κ3) is 5.18. The van der Waals surface area contributed by atoms with Crippen molar-refractivity contribution in [2.75, 3.05) is 7.05 Å². The van der Waals surface area contributed by atoms with E-state index in [4.69, 9.17) is 0 Å². The zero-order valence-corrected chi connectivity index (χ0v) is 13.6. The average Bonchev–Trinajstić information content (AvgIpc) is 2.55. The highest BCUT2D eigenvalue weighted by Gasteiger charge is 2.08. The van der Waals surface area contributed by atoms with Crippen LogP contribution < -0.4 is 5.32 Å². The number of hydrogen-bond acceptors (Lipinski definition) is 3. The summed E-state index contributed by atoms with van der Waals surface area (Å²) in [4.78, 5) is 4.49. The van der Waals surface area contributed by atoms with Crippen LogP contribution in [0.3, 0.4) is 0 Å². The van der Waals surface area contributed by atoms with Gasteiger partial charge in [-0.3, -0.25) is 4.99 Å². The summed E-state index contributed by atoms with van der Waals surface area (Å²) in [7, 11) is 1.93. The fourth-order valence-electron chi connectivity index (χ4n) is 2.31. The Balaban J connectivity index is 2.07. The van der Waals surface area contributed by atoms with E-state index in [0.29, 0.717) is 12.5 Å². The summed E-state index contributed by atoms with van der Waals surface area (Å²) in [5, 5.41) is 13.3. The van der Waals surface area contributed by atoms with Gasteiger partial charge in [-0.25, -0.2) is 4.39 Å². The molecule has 2 aromatic carbocycles. The van der Waals surface area contributed by atoms with Gasteiger partial charge in [-0.15, -0.1) is 0 Å². The lowest BCUT2D eigenvalue weighted by molar-refractivity contribution is 0.464. The van der Waals surface area contributed by atoms with E-state index in [2.05, 4.69) is 17.2 Å². The number of nitrogens with one attached hydrogen (secondary N) is 1. The standard InChI is InChI=1S/C19H23FN2O/c1-14(21-2)6-11-17-18(4-3-5-19(17)23)22-13-12-15-7-9-16(20)10-8-15/h3-5,7-10,13-14,21,23H,6,11-12H2,1-2H3. The molecule has 2 aromatic rings. The van der Waals surface area contributed by atoms with Crippen LogP contribution in [0.25, 0.3) is 0 Å². The number of aromatic hydroxyl groups is 1. The summed E-state index contributed by atoms with van der Waals surface area (Å²) in [6.07, 6.45) is 4.11. The fraction of sp³-hybridized carbons (Fsp3) is 0.316. The van der Waals surface area contributed by atoms with Gasteiger partial charge >= 0.3 is 0 Å². The molecule has 2 N–H and O–H groups in total. The predicted molar refractivity (Wildman–Crippen MR) is 93.2 cm³/mol. The van der Waals surface area contributed by atoms with Crippen LogP contribution in [-0.2, 0) is 12.8 Å². The zero-order chi connectivity index (χ0) is 16.7. The Hall–Kier alpha value is -2.20. The molecule has 3 nitrogen and oxygen atoms in total. The molecule has 0 fully saturated rings. The quantitative estimate of drug-likeness (QED) is 0.758. The van der Waals surface area contributed by atoms with Gasteiger partial charge in [0.05, 0.1) is 5.69 Å². The highest BCUT2D eigenvalue weighted by atomic mass is 19.1. The monoisotopic (exact) mass is 314 g/mol. The highest BCUT2D eigenvalue weighted by molar-refractivity contribution is 5.68. The van der Waals surface area contributed by atoms with Crippen molar-refractivity contribution in [3.8, 4) is 5.75 Å². The SMILES string of the molecule is CNC(C)CCc1c(O)cccc1N=CCc1ccc(F)cc1. The molecule has 1 atom stereocenters. The van der Waals surface area contributed by atoms with E-state index in [0.717, 1.165) is 29.7 Å². The number of halogens is 1. The second kappa shape index (κ2) is 8.44. The minimum absolute atomic E-state index is 0.236. The molecule has 1 unspecified atom stereocenters. The number of rotatable bonds is 7. The van der Waals surface area contributed by atoms with Crippen LogP contribution in [-0.4, -0.2) is 24.4 Å². The molecule has 0 saturated heterocycles. The molecule has 0 aliphatic rings. The van der Waals surface area contributed by atoms with Crippen molar-refractivity contribution >= 4 is 11.9 Å². The third-order valence-electron chi connectivity index (χ3n) is 3.92. The molecule has 0 amide bonds. The van der Waals surface area contributed by atoms with Crippen molar-refractivity contribution in [1.29, 1.82) is 0 Å². The van der Waals surface area contributed by atoms with Gasteiger partial charge in [-0.05, 0) is 56.6 Å². The minimum Gasteiger partial charge on any atom is -0.508 e. The topological polar surface area (TPSA) is 44.6 Å². The lowest BCUT2D eigenvalue weighted by Gasteiger charge is -2.12. The summed E-state index contributed by atoms with van der Waals surface area (Å²) in [5.74, 6) is 0.0457. The van der Waals surface area contributed by atoms with Gasteiger partial charge in [-0.2, -0.15) is 0 Å². The van der Waals surface area contributed by atoms with Crippen molar-refractivity contribution < 1.29 is 9.50 Å². The van der Waals surface area contributed by atoms with Crippen LogP contribution in [0.4, 0.5) is 10.1 Å². The molecule has 0 bridgehead atoms. The van der Waals surface area contributed by atoms with E-state index in [1.807, 2.05) is 13.1 Å². The van der Waals surface area contributed by atoms with Gasteiger partial charge in [0, 0.05) is 24.2 Å². The molecule has 0 heterocycles. The van der Waals surface area contributed by atoms with Gasteiger partial charge in [0.25, 0.3) is 0 Å². The average molecular weight is 314 g/mol. The molecular weight excluding hydrogens is 291 g/mol. The van der Waals surface area contributed by atoms with E-state index in [9.17, 15) is 9.50 Å². The maximum Gasteiger partial charge on any atom is 0.123 e. The lowest BCUT2D eigenvalue weighted by atomic mass is 10.0. The first-order valence-electron chi connectivity index (χ1n) is 7.85. The number of phenolic OH excluding ortho intramolecular Hbond substituents is 1. The highest BCUT2D eigenvalue weighted by Crippen LogP contribution is 2.29. The van der Waals surface area contributed by atoms with Crippen molar-refractivity contribution in [2.24, 2.45) is 4.99 Å². The van der Waals surface area contributed by atoms with Gasteiger partial charge in [0.2, 0.25) is 0 Å². The molecule has 23 heavy (non-hydrogen) atoms. The van der Waals surface area contributed by atoms with Crippen LogP contribution in [0.5, 0.6) is 5.75 Å². The van der Waals surface area contributed by atoms with Crippen LogP contribution in [0, 0.1) is 5.82 Å². The first-order valence-corrected chi connectivity index (χ1v) is 7.85. The van der Waals surface area contributed by atoms with E-state index in [1.54, 1.807) is 30.5 Å². The van der Waals surface area contributed by atoms with Crippen LogP contribution in [0.15, 0.2) is 47.5 Å². The van der Waals surface area contributed by atoms with E-state index < -0.39 is 0 Å². The number of aliphatic imine (C=N–C) groups is 1. The molecule has 4 heteroatoms. The first kappa shape index (κ1) is 17.2. The Kier molecular flexibility index (Phi) is 6.29. The number of hydrogen-bond donors (Lipinski definition) is 2. The van der Waals surface area contributed by atoms with Gasteiger partial charge in [-0.1, -0.05) is 18.2 Å². The summed E-state index contributed by atoms with van der Waals surface area (Å²) < 4.78 is 12.9. The summed E-state index contributed by atoms with van der Waals surface area (Å²) in [6.45, 7) is 2.11. The third-order valence-corrected chi connectivity index (χ3v) is 3.92. The van der Waals surface area contributed by atoms with Crippen molar-refractivity contribution in [3.63, 3.8) is 0 Å². The van der Waals surface area contributed by atoms with Crippen LogP contribution in [0.2, 0.25) is 0 Å². The molecule has 0 aliphatic heterocycles. The Bertz CT molecular complexity index is 653. The largest absolute Gasteiger partial charge is 0.508 e. The molecule has 0 aliphatic carbocycles. The minimum atomic E-state index is -0.236. The molecule has 122 valence electrons. The number of phenols is 1. The molecule has 0 radical (unpaired) electrons. The lowest BCUT2D eigenvalue weighted by Crippen LogP contribution is -2.21.